The van der Waals surface area contributed by atoms with Crippen molar-refractivity contribution in [2.45, 2.75) is 4.90 Å². The van der Waals surface area contributed by atoms with Gasteiger partial charge in [-0.2, -0.15) is 4.31 Å². The number of nitrogens with one attached hydrogen (secondary N) is 1. The molecule has 2 heterocycles. The fourth-order valence-corrected chi connectivity index (χ4v) is 5.37. The van der Waals surface area contributed by atoms with Gasteiger partial charge >= 0.3 is 0 Å². The molecule has 1 N–H and O–H groups in total. The average molecular weight is 465 g/mol. The van der Waals surface area contributed by atoms with Gasteiger partial charge in [0.1, 0.15) is 0 Å². The van der Waals surface area contributed by atoms with Crippen LogP contribution in [0.25, 0.3) is 10.6 Å². The van der Waals surface area contributed by atoms with Crippen LogP contribution in [0, 0.1) is 0 Å². The van der Waals surface area contributed by atoms with Crippen LogP contribution in [0.15, 0.2) is 53.4 Å². The van der Waals surface area contributed by atoms with E-state index < -0.39 is 15.9 Å². The number of rotatable bonds is 5. The number of benzene rings is 2. The predicted molar refractivity (Wildman–Crippen MR) is 114 cm³/mol. The van der Waals surface area contributed by atoms with Crippen LogP contribution in [0.4, 0.5) is 5.13 Å². The first-order valence-electron chi connectivity index (χ1n) is 9.03. The Morgan fingerprint density at radius 2 is 1.77 bits per heavy atom. The zero-order valence-corrected chi connectivity index (χ0v) is 18.0. The second-order valence-corrected chi connectivity index (χ2v) is 9.71. The number of ether oxygens (including phenoxy) is 1. The summed E-state index contributed by atoms with van der Waals surface area (Å²) in [6.07, 6.45) is 0. The maximum atomic E-state index is 12.7. The summed E-state index contributed by atoms with van der Waals surface area (Å²) in [4.78, 5) is 12.7. The summed E-state index contributed by atoms with van der Waals surface area (Å²) >= 11 is 7.37. The molecule has 3 aromatic rings. The van der Waals surface area contributed by atoms with E-state index in [1.807, 2.05) is 18.2 Å². The van der Waals surface area contributed by atoms with E-state index in [1.165, 1.54) is 39.9 Å². The van der Waals surface area contributed by atoms with Crippen molar-refractivity contribution in [2.75, 3.05) is 31.6 Å². The number of nitrogens with zero attached hydrogens (tertiary/aromatic N) is 3. The van der Waals surface area contributed by atoms with Crippen LogP contribution in [-0.2, 0) is 14.8 Å². The molecule has 11 heteroatoms. The molecule has 0 radical (unpaired) electrons. The number of anilines is 1. The molecule has 1 aromatic heterocycles. The van der Waals surface area contributed by atoms with E-state index >= 15 is 0 Å². The number of hydrogen-bond donors (Lipinski definition) is 1. The van der Waals surface area contributed by atoms with E-state index in [0.29, 0.717) is 47.0 Å². The smallest absolute Gasteiger partial charge is 0.257 e. The van der Waals surface area contributed by atoms with Crippen molar-refractivity contribution in [1.29, 1.82) is 0 Å². The highest BCUT2D eigenvalue weighted by Crippen LogP contribution is 2.31. The van der Waals surface area contributed by atoms with Gasteiger partial charge in [0.15, 0.2) is 5.01 Å². The van der Waals surface area contributed by atoms with Crippen molar-refractivity contribution in [3.8, 4) is 10.6 Å². The largest absolute Gasteiger partial charge is 0.379 e. The van der Waals surface area contributed by atoms with Crippen molar-refractivity contribution < 1.29 is 17.9 Å². The van der Waals surface area contributed by atoms with Crippen molar-refractivity contribution in [3.05, 3.63) is 59.1 Å². The molecular formula is C19H17ClN4O4S2. The number of halogens is 1. The molecule has 1 amide bonds. The summed E-state index contributed by atoms with van der Waals surface area (Å²) in [5.41, 5.74) is 1.04. The Morgan fingerprint density at radius 3 is 2.47 bits per heavy atom. The molecule has 0 aliphatic carbocycles. The Hall–Kier alpha value is -2.37. The third kappa shape index (κ3) is 4.37. The summed E-state index contributed by atoms with van der Waals surface area (Å²) in [5.74, 6) is -0.410. The Balaban J connectivity index is 1.46. The SMILES string of the molecule is O=C(Nc1nnc(-c2ccccc2Cl)s1)c1ccc(S(=O)(=O)N2CCOCC2)cc1. The summed E-state index contributed by atoms with van der Waals surface area (Å²) in [7, 11) is -3.61. The molecule has 156 valence electrons. The standard InChI is InChI=1S/C19H17ClN4O4S2/c20-16-4-2-1-3-15(16)18-22-23-19(29-18)21-17(25)13-5-7-14(8-6-13)30(26,27)24-9-11-28-12-10-24/h1-8H,9-12H2,(H,21,23,25). The molecule has 1 saturated heterocycles. The highest BCUT2D eigenvalue weighted by atomic mass is 35.5. The molecule has 0 bridgehead atoms. The molecule has 1 aliphatic rings. The number of sulfonamides is 1. The van der Waals surface area contributed by atoms with Crippen LogP contribution in [-0.4, -0.2) is 55.1 Å². The van der Waals surface area contributed by atoms with Crippen molar-refractivity contribution >= 4 is 44.0 Å². The van der Waals surface area contributed by atoms with E-state index in [0.717, 1.165) is 5.56 Å². The van der Waals surface area contributed by atoms with Crippen LogP contribution in [0.5, 0.6) is 0 Å². The molecule has 0 saturated carbocycles. The van der Waals surface area contributed by atoms with E-state index in [2.05, 4.69) is 15.5 Å². The maximum Gasteiger partial charge on any atom is 0.257 e. The Kier molecular flexibility index (Phi) is 6.11. The molecule has 1 fully saturated rings. The van der Waals surface area contributed by atoms with Crippen LogP contribution < -0.4 is 5.32 Å². The molecule has 30 heavy (non-hydrogen) atoms. The van der Waals surface area contributed by atoms with Gasteiger partial charge in [0.2, 0.25) is 15.2 Å². The van der Waals surface area contributed by atoms with Gasteiger partial charge in [0, 0.05) is 24.2 Å². The fourth-order valence-electron chi connectivity index (χ4n) is 2.90. The van der Waals surface area contributed by atoms with Crippen LogP contribution in [0.2, 0.25) is 5.02 Å². The number of amides is 1. The van der Waals surface area contributed by atoms with Gasteiger partial charge in [-0.3, -0.25) is 10.1 Å². The zero-order chi connectivity index (χ0) is 21.1. The Labute approximate surface area is 182 Å². The van der Waals surface area contributed by atoms with Crippen LogP contribution >= 0.6 is 22.9 Å². The van der Waals surface area contributed by atoms with E-state index in [9.17, 15) is 13.2 Å². The minimum absolute atomic E-state index is 0.137. The number of hydrogen-bond acceptors (Lipinski definition) is 7. The van der Waals surface area contributed by atoms with Gasteiger partial charge in [0.25, 0.3) is 5.91 Å². The van der Waals surface area contributed by atoms with Gasteiger partial charge in [0.05, 0.1) is 23.1 Å². The molecule has 4 rings (SSSR count). The normalized spacial score (nSPS) is 15.1. The third-order valence-electron chi connectivity index (χ3n) is 4.47. The van der Waals surface area contributed by atoms with Gasteiger partial charge in [-0.25, -0.2) is 8.42 Å². The average Bonchev–Trinajstić information content (AvgIpc) is 3.23. The molecule has 2 aromatic carbocycles. The monoisotopic (exact) mass is 464 g/mol. The summed E-state index contributed by atoms with van der Waals surface area (Å²) in [6.45, 7) is 1.38. The summed E-state index contributed by atoms with van der Waals surface area (Å²) in [6, 6.07) is 13.0. The van der Waals surface area contributed by atoms with Gasteiger partial charge in [-0.15, -0.1) is 10.2 Å². The van der Waals surface area contributed by atoms with E-state index in [4.69, 9.17) is 16.3 Å². The second-order valence-electron chi connectivity index (χ2n) is 6.39. The van der Waals surface area contributed by atoms with Gasteiger partial charge in [-0.1, -0.05) is 41.1 Å². The lowest BCUT2D eigenvalue weighted by Crippen LogP contribution is -2.40. The van der Waals surface area contributed by atoms with Gasteiger partial charge < -0.3 is 4.74 Å². The lowest BCUT2D eigenvalue weighted by molar-refractivity contribution is 0.0730. The quantitative estimate of drug-likeness (QED) is 0.622. The first kappa shape index (κ1) is 20.9. The minimum atomic E-state index is -3.61. The van der Waals surface area contributed by atoms with Crippen molar-refractivity contribution in [1.82, 2.24) is 14.5 Å². The molecule has 0 spiro atoms. The third-order valence-corrected chi connectivity index (χ3v) is 7.59. The predicted octanol–water partition coefficient (Wildman–Crippen LogP) is 3.13. The number of morpholine rings is 1. The first-order chi connectivity index (χ1) is 14.4. The number of carbonyl (C=O) groups is 1. The second kappa shape index (κ2) is 8.78. The Bertz CT molecular complexity index is 1160. The first-order valence-corrected chi connectivity index (χ1v) is 11.7. The number of aromatic nitrogens is 2. The van der Waals surface area contributed by atoms with Crippen molar-refractivity contribution in [2.24, 2.45) is 0 Å². The molecule has 8 nitrogen and oxygen atoms in total. The van der Waals surface area contributed by atoms with Crippen LogP contribution in [0.1, 0.15) is 10.4 Å². The van der Waals surface area contributed by atoms with Gasteiger partial charge in [-0.05, 0) is 30.3 Å². The zero-order valence-electron chi connectivity index (χ0n) is 15.6. The summed E-state index contributed by atoms with van der Waals surface area (Å²) in [5, 5.41) is 12.2. The molecular weight excluding hydrogens is 448 g/mol. The van der Waals surface area contributed by atoms with E-state index in [1.54, 1.807) is 6.07 Å². The van der Waals surface area contributed by atoms with E-state index in [-0.39, 0.29) is 4.90 Å². The Morgan fingerprint density at radius 1 is 1.07 bits per heavy atom. The molecule has 0 unspecified atom stereocenters. The van der Waals surface area contributed by atoms with Crippen molar-refractivity contribution in [3.63, 3.8) is 0 Å². The molecule has 0 atom stereocenters. The molecule has 1 aliphatic heterocycles. The lowest BCUT2D eigenvalue weighted by Gasteiger charge is -2.26. The lowest BCUT2D eigenvalue weighted by atomic mass is 10.2. The highest BCUT2D eigenvalue weighted by molar-refractivity contribution is 7.89. The minimum Gasteiger partial charge on any atom is -0.379 e. The summed E-state index contributed by atoms with van der Waals surface area (Å²) < 4.78 is 31.9. The maximum absolute atomic E-state index is 12.7. The fraction of sp³-hybridized carbons (Fsp3) is 0.211. The highest BCUT2D eigenvalue weighted by Gasteiger charge is 2.26. The van der Waals surface area contributed by atoms with Crippen LogP contribution in [0.3, 0.4) is 0 Å². The number of carbonyl (C=O) groups excluding carboxylic acids is 1. The topological polar surface area (TPSA) is 101 Å².